The standard InChI is InChI=1S/C13H10O/c1-9-6-7-12-11-5-3-2-4-10(11)8-13(12)14-9/h2-8H,1H3. The largest absolute Gasteiger partial charge is 0.461 e. The number of aryl methyl sites for hydroxylation is 1. The van der Waals surface area contributed by atoms with Crippen LogP contribution in [0.2, 0.25) is 0 Å². The second kappa shape index (κ2) is 2.61. The van der Waals surface area contributed by atoms with E-state index in [1.165, 1.54) is 16.3 Å². The fourth-order valence-corrected chi connectivity index (χ4v) is 1.88. The molecular weight excluding hydrogens is 172 g/mol. The molecule has 0 atom stereocenters. The maximum Gasteiger partial charge on any atom is 0.135 e. The Morgan fingerprint density at radius 1 is 1.00 bits per heavy atom. The first-order chi connectivity index (χ1) is 6.84. The zero-order valence-corrected chi connectivity index (χ0v) is 7.95. The van der Waals surface area contributed by atoms with Crippen LogP contribution in [0.3, 0.4) is 0 Å². The van der Waals surface area contributed by atoms with Crippen LogP contribution in [0.15, 0.2) is 46.9 Å². The van der Waals surface area contributed by atoms with E-state index in [2.05, 4.69) is 30.3 Å². The van der Waals surface area contributed by atoms with Crippen molar-refractivity contribution in [3.8, 4) is 11.3 Å². The predicted octanol–water partition coefficient (Wildman–Crippen LogP) is 3.85. The Kier molecular flexibility index (Phi) is 1.42. The summed E-state index contributed by atoms with van der Waals surface area (Å²) in [6.45, 7) is 1.97. The van der Waals surface area contributed by atoms with Crippen LogP contribution in [-0.2, 0) is 0 Å². The second-order valence-corrected chi connectivity index (χ2v) is 3.56. The highest BCUT2D eigenvalue weighted by atomic mass is 16.3. The van der Waals surface area contributed by atoms with Crippen molar-refractivity contribution in [3.63, 3.8) is 0 Å². The summed E-state index contributed by atoms with van der Waals surface area (Å²) in [5.41, 5.74) is 1.20. The van der Waals surface area contributed by atoms with Gasteiger partial charge in [-0.3, -0.25) is 0 Å². The van der Waals surface area contributed by atoms with Gasteiger partial charge < -0.3 is 4.42 Å². The van der Waals surface area contributed by atoms with Crippen LogP contribution in [0.4, 0.5) is 0 Å². The molecule has 0 saturated heterocycles. The van der Waals surface area contributed by atoms with Crippen LogP contribution in [0.25, 0.3) is 22.1 Å². The van der Waals surface area contributed by atoms with Gasteiger partial charge in [0.15, 0.2) is 0 Å². The third-order valence-electron chi connectivity index (χ3n) is 2.56. The van der Waals surface area contributed by atoms with Gasteiger partial charge in [-0.25, -0.2) is 0 Å². The summed E-state index contributed by atoms with van der Waals surface area (Å²) in [5, 5.41) is 2.52. The molecule has 0 N–H and O–H groups in total. The molecule has 0 radical (unpaired) electrons. The zero-order chi connectivity index (χ0) is 9.54. The van der Waals surface area contributed by atoms with Crippen molar-refractivity contribution < 1.29 is 4.42 Å². The number of benzene rings is 1. The molecular formula is C13H10O. The normalized spacial score (nSPS) is 11.2. The Morgan fingerprint density at radius 2 is 1.86 bits per heavy atom. The zero-order valence-electron chi connectivity index (χ0n) is 7.95. The van der Waals surface area contributed by atoms with Crippen molar-refractivity contribution in [2.24, 2.45) is 0 Å². The van der Waals surface area contributed by atoms with Crippen molar-refractivity contribution in [2.75, 3.05) is 0 Å². The summed E-state index contributed by atoms with van der Waals surface area (Å²) in [6.07, 6.45) is 0. The van der Waals surface area contributed by atoms with Gasteiger partial charge in [-0.05, 0) is 35.9 Å². The van der Waals surface area contributed by atoms with Crippen LogP contribution in [0, 0.1) is 6.92 Å². The van der Waals surface area contributed by atoms with Gasteiger partial charge in [-0.2, -0.15) is 0 Å². The monoisotopic (exact) mass is 182 g/mol. The topological polar surface area (TPSA) is 13.1 Å². The smallest absolute Gasteiger partial charge is 0.135 e. The Balaban J connectivity index is 2.50. The minimum Gasteiger partial charge on any atom is -0.461 e. The molecule has 1 nitrogen and oxygen atoms in total. The van der Waals surface area contributed by atoms with Crippen molar-refractivity contribution in [2.45, 2.75) is 6.92 Å². The first-order valence-electron chi connectivity index (χ1n) is 4.72. The van der Waals surface area contributed by atoms with Crippen molar-refractivity contribution in [3.05, 3.63) is 48.2 Å². The Morgan fingerprint density at radius 3 is 2.79 bits per heavy atom. The number of hydrogen-bond acceptors (Lipinski definition) is 1. The average molecular weight is 182 g/mol. The van der Waals surface area contributed by atoms with Crippen LogP contribution < -0.4 is 0 Å². The molecule has 0 amide bonds. The van der Waals surface area contributed by atoms with Crippen LogP contribution in [0.5, 0.6) is 0 Å². The summed E-state index contributed by atoms with van der Waals surface area (Å²) in [6, 6.07) is 14.6. The summed E-state index contributed by atoms with van der Waals surface area (Å²) in [7, 11) is 0. The molecule has 1 aliphatic carbocycles. The second-order valence-electron chi connectivity index (χ2n) is 3.56. The van der Waals surface area contributed by atoms with Gasteiger partial charge in [0.05, 0.1) is 0 Å². The summed E-state index contributed by atoms with van der Waals surface area (Å²) in [4.78, 5) is 0. The highest BCUT2D eigenvalue weighted by molar-refractivity contribution is 6.00. The van der Waals surface area contributed by atoms with E-state index in [9.17, 15) is 0 Å². The summed E-state index contributed by atoms with van der Waals surface area (Å²) >= 11 is 0. The van der Waals surface area contributed by atoms with E-state index >= 15 is 0 Å². The maximum absolute atomic E-state index is 5.65. The van der Waals surface area contributed by atoms with Crippen LogP contribution >= 0.6 is 0 Å². The molecule has 2 aliphatic rings. The predicted molar refractivity (Wildman–Crippen MR) is 57.6 cm³/mol. The summed E-state index contributed by atoms with van der Waals surface area (Å²) < 4.78 is 5.65. The van der Waals surface area contributed by atoms with Gasteiger partial charge in [0.2, 0.25) is 0 Å². The summed E-state index contributed by atoms with van der Waals surface area (Å²) in [5.74, 6) is 1.93. The third-order valence-corrected chi connectivity index (χ3v) is 2.56. The first-order valence-corrected chi connectivity index (χ1v) is 4.72. The molecule has 1 heterocycles. The number of rotatable bonds is 0. The van der Waals surface area contributed by atoms with E-state index in [4.69, 9.17) is 4.42 Å². The van der Waals surface area contributed by atoms with Crippen LogP contribution in [0.1, 0.15) is 5.76 Å². The molecule has 68 valence electrons. The molecule has 0 aromatic heterocycles. The molecule has 1 aromatic carbocycles. The van der Waals surface area contributed by atoms with Crippen molar-refractivity contribution >= 4 is 10.8 Å². The molecule has 0 fully saturated rings. The van der Waals surface area contributed by atoms with E-state index in [0.29, 0.717) is 0 Å². The van der Waals surface area contributed by atoms with E-state index in [1.54, 1.807) is 0 Å². The fraction of sp³-hybridized carbons (Fsp3) is 0.0769. The van der Waals surface area contributed by atoms with Crippen LogP contribution in [-0.4, -0.2) is 0 Å². The van der Waals surface area contributed by atoms with Gasteiger partial charge >= 0.3 is 0 Å². The van der Waals surface area contributed by atoms with Crippen molar-refractivity contribution in [1.29, 1.82) is 0 Å². The first kappa shape index (κ1) is 7.63. The Hall–Kier alpha value is -1.76. The molecule has 1 aromatic rings. The lowest BCUT2D eigenvalue weighted by Crippen LogP contribution is -1.75. The minimum atomic E-state index is 0.952. The van der Waals surface area contributed by atoms with Gasteiger partial charge in [0.25, 0.3) is 0 Å². The van der Waals surface area contributed by atoms with Gasteiger partial charge in [-0.1, -0.05) is 24.3 Å². The number of fused-ring (bicyclic) bond motifs is 3. The lowest BCUT2D eigenvalue weighted by molar-refractivity contribution is 0.533. The highest BCUT2D eigenvalue weighted by Crippen LogP contribution is 2.34. The quantitative estimate of drug-likeness (QED) is 0.514. The fourth-order valence-electron chi connectivity index (χ4n) is 1.88. The Labute approximate surface area is 82.3 Å². The molecule has 14 heavy (non-hydrogen) atoms. The highest BCUT2D eigenvalue weighted by Gasteiger charge is 2.10. The van der Waals surface area contributed by atoms with E-state index < -0.39 is 0 Å². The lowest BCUT2D eigenvalue weighted by Gasteiger charge is -1.99. The van der Waals surface area contributed by atoms with Gasteiger partial charge in [0.1, 0.15) is 11.5 Å². The maximum atomic E-state index is 5.65. The van der Waals surface area contributed by atoms with E-state index in [-0.39, 0.29) is 0 Å². The van der Waals surface area contributed by atoms with Crippen molar-refractivity contribution in [1.82, 2.24) is 0 Å². The molecule has 3 rings (SSSR count). The third kappa shape index (κ3) is 0.956. The lowest BCUT2D eigenvalue weighted by atomic mass is 10.1. The molecule has 1 aliphatic heterocycles. The molecule has 0 spiro atoms. The minimum absolute atomic E-state index is 0.952. The SMILES string of the molecule is Cc1ccc2c3ccccc3cc-2o1. The van der Waals surface area contributed by atoms with Gasteiger partial charge in [-0.15, -0.1) is 0 Å². The molecule has 0 unspecified atom stereocenters. The Bertz CT molecular complexity index is 563. The van der Waals surface area contributed by atoms with Gasteiger partial charge in [0, 0.05) is 5.56 Å². The molecule has 1 heteroatoms. The van der Waals surface area contributed by atoms with E-state index in [1.807, 2.05) is 19.1 Å². The van der Waals surface area contributed by atoms with E-state index in [0.717, 1.165) is 11.5 Å². The number of hydrogen-bond donors (Lipinski definition) is 0. The molecule has 0 saturated carbocycles. The molecule has 0 bridgehead atoms. The average Bonchev–Trinajstić information content (AvgIpc) is 2.54.